The van der Waals surface area contributed by atoms with E-state index >= 15 is 0 Å². The molecule has 37 heavy (non-hydrogen) atoms. The first-order valence-electron chi connectivity index (χ1n) is 10.7. The molecule has 0 radical (unpaired) electrons. The number of nitrogens with one attached hydrogen (secondary N) is 1. The van der Waals surface area contributed by atoms with Gasteiger partial charge in [-0.3, -0.25) is 14.4 Å². The summed E-state index contributed by atoms with van der Waals surface area (Å²) in [6, 6.07) is 2.47. The molecule has 13 nitrogen and oxygen atoms in total. The van der Waals surface area contributed by atoms with Crippen LogP contribution in [-0.2, 0) is 29.0 Å². The molecule has 2 aromatic rings. The van der Waals surface area contributed by atoms with Gasteiger partial charge in [-0.05, 0) is 11.6 Å². The summed E-state index contributed by atoms with van der Waals surface area (Å²) in [6.07, 6.45) is 0. The molecule has 1 aromatic heterocycles. The molecule has 196 valence electrons. The Kier molecular flexibility index (Phi) is 6.54. The minimum absolute atomic E-state index is 0.0592. The van der Waals surface area contributed by atoms with E-state index in [2.05, 4.69) is 5.32 Å². The quantitative estimate of drug-likeness (QED) is 0.352. The minimum atomic E-state index is -4.14. The van der Waals surface area contributed by atoms with Gasteiger partial charge in [-0.25, -0.2) is 18.0 Å². The van der Waals surface area contributed by atoms with Crippen LogP contribution in [0.5, 0.6) is 11.5 Å². The molecule has 2 aliphatic rings. The van der Waals surface area contributed by atoms with E-state index in [1.54, 1.807) is 0 Å². The zero-order chi connectivity index (χ0) is 27.2. The Morgan fingerprint density at radius 2 is 1.84 bits per heavy atom. The maximum atomic E-state index is 13.0. The third-order valence-electron chi connectivity index (χ3n) is 6.21. The number of benzene rings is 1. The fourth-order valence-electron chi connectivity index (χ4n) is 4.52. The predicted octanol–water partition coefficient (Wildman–Crippen LogP) is -0.151. The number of esters is 1. The lowest BCUT2D eigenvalue weighted by Crippen LogP contribution is -2.70. The predicted molar refractivity (Wildman–Crippen MR) is 124 cm³/mol. The number of rotatable bonds is 7. The van der Waals surface area contributed by atoms with Crippen molar-refractivity contribution in [3.05, 3.63) is 45.3 Å². The second kappa shape index (κ2) is 9.35. The molecule has 0 spiro atoms. The molecule has 1 fully saturated rings. The molecule has 4 rings (SSSR count). The molecule has 2 N–H and O–H groups in total. The number of carboxylic acids is 1. The Hall–Kier alpha value is -4.20. The van der Waals surface area contributed by atoms with Crippen LogP contribution in [0.15, 0.2) is 38.6 Å². The van der Waals surface area contributed by atoms with Crippen molar-refractivity contribution >= 4 is 44.4 Å². The van der Waals surface area contributed by atoms with Gasteiger partial charge in [0.05, 0.1) is 36.8 Å². The van der Waals surface area contributed by atoms with Crippen LogP contribution in [0.25, 0.3) is 11.0 Å². The first-order valence-corrected chi connectivity index (χ1v) is 12.5. The summed E-state index contributed by atoms with van der Waals surface area (Å²) in [5.41, 5.74) is -2.24. The van der Waals surface area contributed by atoms with Gasteiger partial charge < -0.3 is 29.1 Å². The van der Waals surface area contributed by atoms with Crippen LogP contribution in [0.2, 0.25) is 0 Å². The highest BCUT2D eigenvalue weighted by Gasteiger charge is 2.62. The van der Waals surface area contributed by atoms with E-state index in [1.807, 2.05) is 0 Å². The smallest absolute Gasteiger partial charge is 0.349 e. The number of sulfone groups is 1. The minimum Gasteiger partial charge on any atom is -0.496 e. The Labute approximate surface area is 208 Å². The molecule has 2 heterocycles. The second-order valence-corrected chi connectivity index (χ2v) is 10.6. The molecule has 1 amide bonds. The van der Waals surface area contributed by atoms with Crippen LogP contribution in [0.1, 0.15) is 17.3 Å². The van der Waals surface area contributed by atoms with Crippen LogP contribution >= 0.6 is 0 Å². The van der Waals surface area contributed by atoms with Crippen molar-refractivity contribution in [1.29, 1.82) is 0 Å². The van der Waals surface area contributed by atoms with Gasteiger partial charge in [-0.15, -0.1) is 0 Å². The van der Waals surface area contributed by atoms with Crippen LogP contribution in [-0.4, -0.2) is 75.0 Å². The highest BCUT2D eigenvalue weighted by Crippen LogP contribution is 2.42. The lowest BCUT2D eigenvalue weighted by atomic mass is 9.71. The van der Waals surface area contributed by atoms with Gasteiger partial charge in [0.1, 0.15) is 40.5 Å². The van der Waals surface area contributed by atoms with Gasteiger partial charge in [-0.1, -0.05) is 0 Å². The van der Waals surface area contributed by atoms with Crippen molar-refractivity contribution < 1.29 is 51.3 Å². The van der Waals surface area contributed by atoms with Crippen LogP contribution in [0.4, 0.5) is 0 Å². The van der Waals surface area contributed by atoms with E-state index in [0.29, 0.717) is 5.75 Å². The van der Waals surface area contributed by atoms with Crippen molar-refractivity contribution in [3.8, 4) is 11.5 Å². The summed E-state index contributed by atoms with van der Waals surface area (Å²) < 4.78 is 46.2. The van der Waals surface area contributed by atoms with Crippen LogP contribution in [0.3, 0.4) is 0 Å². The highest BCUT2D eigenvalue weighted by atomic mass is 32.2. The van der Waals surface area contributed by atoms with E-state index in [9.17, 15) is 37.5 Å². The van der Waals surface area contributed by atoms with E-state index in [0.717, 1.165) is 6.92 Å². The largest absolute Gasteiger partial charge is 0.496 e. The maximum Gasteiger partial charge on any atom is 0.349 e. The van der Waals surface area contributed by atoms with Gasteiger partial charge in [0.2, 0.25) is 0 Å². The van der Waals surface area contributed by atoms with Gasteiger partial charge >= 0.3 is 17.6 Å². The summed E-state index contributed by atoms with van der Waals surface area (Å²) in [6.45, 7) is 0.463. The second-order valence-electron chi connectivity index (χ2n) is 8.39. The monoisotopic (exact) mass is 535 g/mol. The summed E-state index contributed by atoms with van der Waals surface area (Å²) in [5, 5.41) is 10.6. The number of carbonyl (C=O) groups is 4. The third-order valence-corrected chi connectivity index (χ3v) is 8.33. The molecule has 0 saturated heterocycles. The summed E-state index contributed by atoms with van der Waals surface area (Å²) in [4.78, 5) is 61.4. The summed E-state index contributed by atoms with van der Waals surface area (Å²) >= 11 is 0. The van der Waals surface area contributed by atoms with Crippen LogP contribution < -0.4 is 20.4 Å². The lowest BCUT2D eigenvalue weighted by molar-refractivity contribution is -0.141. The average Bonchev–Trinajstić information content (AvgIpc) is 2.83. The molecule has 3 atom stereocenters. The molecular weight excluding hydrogens is 514 g/mol. The Balaban J connectivity index is 1.67. The zero-order valence-corrected chi connectivity index (χ0v) is 20.5. The number of carbonyl (C=O) groups excluding carboxylic acids is 3. The van der Waals surface area contributed by atoms with Gasteiger partial charge in [0.25, 0.3) is 5.91 Å². The number of ether oxygens (including phenoxy) is 3. The molecule has 1 aliphatic carbocycles. The van der Waals surface area contributed by atoms with Gasteiger partial charge in [0, 0.05) is 19.1 Å². The molecule has 1 aromatic carbocycles. The number of hydrogen-bond acceptors (Lipinski definition) is 11. The number of fused-ring (bicyclic) bond motifs is 2. The van der Waals surface area contributed by atoms with Crippen molar-refractivity contribution in [2.75, 3.05) is 26.6 Å². The lowest BCUT2D eigenvalue weighted by Gasteiger charge is -2.45. The van der Waals surface area contributed by atoms with Crippen molar-refractivity contribution in [1.82, 2.24) is 5.32 Å². The normalized spacial score (nSPS) is 22.0. The number of aliphatic carboxylic acids is 1. The average molecular weight is 535 g/mol. The van der Waals surface area contributed by atoms with E-state index in [4.69, 9.17) is 18.6 Å². The number of Topliss-reactive ketones (excluding diaryl/α,β-unsaturated/α-hetero) is 1. The highest BCUT2D eigenvalue weighted by molar-refractivity contribution is 7.92. The number of ketones is 1. The molecule has 14 heteroatoms. The number of carboxylic acid groups (broad SMARTS) is 1. The topological polar surface area (TPSA) is 193 Å². The SMILES string of the molecule is COc1cc(OC)c2cc(C(=O)N[C@@H]3C(=O)C4C(C(=O)O)=C(COC(C)=O)CS(=O)(=O)[C@@H]43)c(=O)oc2c1. The molecule has 1 saturated carbocycles. The summed E-state index contributed by atoms with van der Waals surface area (Å²) in [7, 11) is -1.40. The third kappa shape index (κ3) is 4.43. The van der Waals surface area contributed by atoms with Crippen LogP contribution in [0, 0.1) is 5.92 Å². The molecular formula is C23H21NO12S. The fourth-order valence-corrected chi connectivity index (χ4v) is 6.74. The molecule has 0 bridgehead atoms. The van der Waals surface area contributed by atoms with Crippen molar-refractivity contribution in [3.63, 3.8) is 0 Å². The Bertz CT molecular complexity index is 1550. The zero-order valence-electron chi connectivity index (χ0n) is 19.7. The molecule has 1 aliphatic heterocycles. The van der Waals surface area contributed by atoms with Gasteiger partial charge in [-0.2, -0.15) is 0 Å². The van der Waals surface area contributed by atoms with Gasteiger partial charge in [0.15, 0.2) is 15.6 Å². The Morgan fingerprint density at radius 3 is 2.43 bits per heavy atom. The first-order chi connectivity index (χ1) is 17.4. The number of amides is 1. The van der Waals surface area contributed by atoms with E-state index in [-0.39, 0.29) is 22.3 Å². The Morgan fingerprint density at radius 1 is 1.14 bits per heavy atom. The number of methoxy groups -OCH3 is 2. The standard InChI is InChI=1S/C23H21NO12S/c1-9(25)35-7-10-8-37(31,32)20-17(16(10)22(28)29)19(26)18(20)24-21(27)13-6-12-14(34-3)4-11(33-2)5-15(12)36-23(13)30/h4-6,17-18,20H,7-8H2,1-3H3,(H,24,27)(H,28,29)/t17?,18-,20+/m1/s1. The number of hydrogen-bond donors (Lipinski definition) is 2. The van der Waals surface area contributed by atoms with Crippen molar-refractivity contribution in [2.45, 2.75) is 18.2 Å². The summed E-state index contributed by atoms with van der Waals surface area (Å²) in [5.74, 6) is -6.05. The van der Waals surface area contributed by atoms with E-state index in [1.165, 1.54) is 32.4 Å². The van der Waals surface area contributed by atoms with E-state index < -0.39 is 79.8 Å². The first kappa shape index (κ1) is 25.9. The molecule has 1 unspecified atom stereocenters. The fraction of sp³-hybridized carbons (Fsp3) is 0.348. The van der Waals surface area contributed by atoms with Crippen molar-refractivity contribution in [2.24, 2.45) is 5.92 Å². The maximum absolute atomic E-state index is 13.0.